The van der Waals surface area contributed by atoms with Gasteiger partial charge < -0.3 is 15.8 Å². The van der Waals surface area contributed by atoms with Gasteiger partial charge in [-0.3, -0.25) is 0 Å². The van der Waals surface area contributed by atoms with Crippen LogP contribution in [0.1, 0.15) is 16.7 Å². The van der Waals surface area contributed by atoms with E-state index in [-0.39, 0.29) is 0 Å². The van der Waals surface area contributed by atoms with Gasteiger partial charge in [0.15, 0.2) is 0 Å². The standard InChI is InChI=1S/C11H16N2O/c1-13-8-11-9(5-6-14)3-2-4-10(11)7-12/h2-4,6,13H,5,7-8,12H2,1H3. The minimum absolute atomic E-state index is 0.463. The molecule has 3 heteroatoms. The van der Waals surface area contributed by atoms with Crippen LogP contribution in [0.3, 0.4) is 0 Å². The Kier molecular flexibility index (Phi) is 4.29. The third-order valence-electron chi connectivity index (χ3n) is 2.25. The molecule has 1 rings (SSSR count). The summed E-state index contributed by atoms with van der Waals surface area (Å²) in [6.07, 6.45) is 1.39. The number of hydrogen-bond acceptors (Lipinski definition) is 3. The van der Waals surface area contributed by atoms with Gasteiger partial charge in [-0.15, -0.1) is 0 Å². The van der Waals surface area contributed by atoms with Gasteiger partial charge in [0, 0.05) is 19.5 Å². The molecule has 0 spiro atoms. The second-order valence-corrected chi connectivity index (χ2v) is 3.16. The summed E-state index contributed by atoms with van der Waals surface area (Å²) >= 11 is 0. The van der Waals surface area contributed by atoms with Gasteiger partial charge in [0.25, 0.3) is 0 Å². The third-order valence-corrected chi connectivity index (χ3v) is 2.25. The highest BCUT2D eigenvalue weighted by Crippen LogP contribution is 2.14. The van der Waals surface area contributed by atoms with E-state index in [1.165, 1.54) is 0 Å². The van der Waals surface area contributed by atoms with E-state index < -0.39 is 0 Å². The molecule has 1 aromatic carbocycles. The third kappa shape index (κ3) is 2.40. The predicted octanol–water partition coefficient (Wildman–Crippen LogP) is 0.606. The summed E-state index contributed by atoms with van der Waals surface area (Å²) in [5.41, 5.74) is 8.96. The van der Waals surface area contributed by atoms with Crippen molar-refractivity contribution in [3.8, 4) is 0 Å². The molecule has 1 aromatic rings. The Labute approximate surface area is 84.3 Å². The first-order chi connectivity index (χ1) is 6.83. The monoisotopic (exact) mass is 192 g/mol. The average Bonchev–Trinajstić information content (AvgIpc) is 2.21. The van der Waals surface area contributed by atoms with Crippen molar-refractivity contribution in [3.63, 3.8) is 0 Å². The van der Waals surface area contributed by atoms with E-state index in [2.05, 4.69) is 5.32 Å². The van der Waals surface area contributed by atoms with Crippen molar-refractivity contribution >= 4 is 6.29 Å². The van der Waals surface area contributed by atoms with Gasteiger partial charge in [-0.1, -0.05) is 18.2 Å². The number of carbonyl (C=O) groups is 1. The van der Waals surface area contributed by atoms with Crippen LogP contribution in [-0.4, -0.2) is 13.3 Å². The highest BCUT2D eigenvalue weighted by atomic mass is 16.1. The topological polar surface area (TPSA) is 55.1 Å². The highest BCUT2D eigenvalue weighted by Gasteiger charge is 2.05. The van der Waals surface area contributed by atoms with Crippen LogP contribution in [-0.2, 0) is 24.3 Å². The first-order valence-corrected chi connectivity index (χ1v) is 4.71. The molecular weight excluding hydrogens is 176 g/mol. The molecular formula is C11H16N2O. The van der Waals surface area contributed by atoms with Gasteiger partial charge in [-0.2, -0.15) is 0 Å². The SMILES string of the molecule is CNCc1c(CN)cccc1CC=O. The number of nitrogens with one attached hydrogen (secondary N) is 1. The van der Waals surface area contributed by atoms with E-state index in [0.717, 1.165) is 29.5 Å². The van der Waals surface area contributed by atoms with Crippen LogP contribution in [0.5, 0.6) is 0 Å². The normalized spacial score (nSPS) is 10.1. The van der Waals surface area contributed by atoms with Crippen LogP contribution in [0.4, 0.5) is 0 Å². The molecule has 0 amide bonds. The van der Waals surface area contributed by atoms with E-state index in [9.17, 15) is 4.79 Å². The summed E-state index contributed by atoms with van der Waals surface area (Å²) in [7, 11) is 1.89. The van der Waals surface area contributed by atoms with Crippen molar-refractivity contribution in [2.45, 2.75) is 19.5 Å². The minimum atomic E-state index is 0.463. The maximum Gasteiger partial charge on any atom is 0.124 e. The molecule has 0 aliphatic carbocycles. The van der Waals surface area contributed by atoms with Crippen molar-refractivity contribution in [2.75, 3.05) is 7.05 Å². The summed E-state index contributed by atoms with van der Waals surface area (Å²) in [4.78, 5) is 10.5. The zero-order valence-corrected chi connectivity index (χ0v) is 8.42. The Morgan fingerprint density at radius 2 is 2.14 bits per heavy atom. The van der Waals surface area contributed by atoms with Gasteiger partial charge in [-0.25, -0.2) is 0 Å². The fraction of sp³-hybridized carbons (Fsp3) is 0.364. The van der Waals surface area contributed by atoms with Crippen LogP contribution in [0, 0.1) is 0 Å². The fourth-order valence-electron chi connectivity index (χ4n) is 1.56. The molecule has 0 aromatic heterocycles. The summed E-state index contributed by atoms with van der Waals surface area (Å²) in [5, 5.41) is 3.09. The molecule has 0 unspecified atom stereocenters. The van der Waals surface area contributed by atoms with E-state index in [1.807, 2.05) is 25.2 Å². The van der Waals surface area contributed by atoms with Crippen LogP contribution < -0.4 is 11.1 Å². The summed E-state index contributed by atoms with van der Waals surface area (Å²) in [6, 6.07) is 5.92. The van der Waals surface area contributed by atoms with Crippen LogP contribution in [0.15, 0.2) is 18.2 Å². The summed E-state index contributed by atoms with van der Waals surface area (Å²) in [5.74, 6) is 0. The van der Waals surface area contributed by atoms with Gasteiger partial charge in [0.2, 0.25) is 0 Å². The lowest BCUT2D eigenvalue weighted by atomic mass is 9.99. The lowest BCUT2D eigenvalue weighted by molar-refractivity contribution is -0.107. The van der Waals surface area contributed by atoms with Crippen LogP contribution >= 0.6 is 0 Å². The first kappa shape index (κ1) is 10.9. The molecule has 3 nitrogen and oxygen atoms in total. The molecule has 0 aliphatic heterocycles. The predicted molar refractivity (Wildman–Crippen MR) is 56.9 cm³/mol. The largest absolute Gasteiger partial charge is 0.326 e. The lowest BCUT2D eigenvalue weighted by Crippen LogP contribution is -2.13. The Bertz CT molecular complexity index is 310. The average molecular weight is 192 g/mol. The molecule has 0 fully saturated rings. The molecule has 0 bridgehead atoms. The fourth-order valence-corrected chi connectivity index (χ4v) is 1.56. The Morgan fingerprint density at radius 3 is 2.71 bits per heavy atom. The molecule has 0 radical (unpaired) electrons. The second kappa shape index (κ2) is 5.52. The number of nitrogens with two attached hydrogens (primary N) is 1. The summed E-state index contributed by atoms with van der Waals surface area (Å²) < 4.78 is 0. The number of aldehydes is 1. The zero-order valence-electron chi connectivity index (χ0n) is 8.42. The summed E-state index contributed by atoms with van der Waals surface area (Å²) in [6.45, 7) is 1.28. The van der Waals surface area contributed by atoms with E-state index in [0.29, 0.717) is 13.0 Å². The number of benzene rings is 1. The van der Waals surface area contributed by atoms with Gasteiger partial charge >= 0.3 is 0 Å². The maximum atomic E-state index is 10.5. The highest BCUT2D eigenvalue weighted by molar-refractivity contribution is 5.57. The van der Waals surface area contributed by atoms with Crippen molar-refractivity contribution in [1.29, 1.82) is 0 Å². The van der Waals surface area contributed by atoms with E-state index in [1.54, 1.807) is 0 Å². The molecule has 0 heterocycles. The number of rotatable bonds is 5. The Hall–Kier alpha value is -1.19. The molecule has 3 N–H and O–H groups in total. The maximum absolute atomic E-state index is 10.5. The lowest BCUT2D eigenvalue weighted by Gasteiger charge is -2.11. The minimum Gasteiger partial charge on any atom is -0.326 e. The number of hydrogen-bond donors (Lipinski definition) is 2. The van der Waals surface area contributed by atoms with Crippen LogP contribution in [0.2, 0.25) is 0 Å². The molecule has 0 saturated carbocycles. The quantitative estimate of drug-likeness (QED) is 0.672. The van der Waals surface area contributed by atoms with Crippen molar-refractivity contribution in [3.05, 3.63) is 34.9 Å². The Balaban J connectivity index is 3.06. The van der Waals surface area contributed by atoms with Crippen molar-refractivity contribution < 1.29 is 4.79 Å². The molecule has 0 saturated heterocycles. The smallest absolute Gasteiger partial charge is 0.124 e. The molecule has 0 aliphatic rings. The molecule has 14 heavy (non-hydrogen) atoms. The van der Waals surface area contributed by atoms with Gasteiger partial charge in [-0.05, 0) is 23.7 Å². The zero-order chi connectivity index (χ0) is 10.4. The second-order valence-electron chi connectivity index (χ2n) is 3.16. The first-order valence-electron chi connectivity index (χ1n) is 4.71. The van der Waals surface area contributed by atoms with Gasteiger partial charge in [0.05, 0.1) is 0 Å². The van der Waals surface area contributed by atoms with E-state index in [4.69, 9.17) is 5.73 Å². The molecule has 0 atom stereocenters. The Morgan fingerprint density at radius 1 is 1.43 bits per heavy atom. The van der Waals surface area contributed by atoms with Crippen molar-refractivity contribution in [1.82, 2.24) is 5.32 Å². The van der Waals surface area contributed by atoms with Gasteiger partial charge in [0.1, 0.15) is 6.29 Å². The van der Waals surface area contributed by atoms with E-state index >= 15 is 0 Å². The molecule has 76 valence electrons. The number of carbonyl (C=O) groups excluding carboxylic acids is 1. The van der Waals surface area contributed by atoms with Crippen molar-refractivity contribution in [2.24, 2.45) is 5.73 Å². The van der Waals surface area contributed by atoms with Crippen LogP contribution in [0.25, 0.3) is 0 Å².